The topological polar surface area (TPSA) is 73.2 Å². The monoisotopic (exact) mass is 271 g/mol. The van der Waals surface area contributed by atoms with E-state index in [0.717, 1.165) is 4.88 Å². The molecule has 2 heterocycles. The van der Waals surface area contributed by atoms with Crippen LogP contribution in [0.5, 0.6) is 0 Å². The Kier molecular flexibility index (Phi) is 3.49. The van der Waals surface area contributed by atoms with Crippen LogP contribution in [0.25, 0.3) is 0 Å². The molecule has 0 amide bonds. The van der Waals surface area contributed by atoms with Gasteiger partial charge in [-0.15, -0.1) is 11.3 Å². The third-order valence-corrected chi connectivity index (χ3v) is 6.00. The van der Waals surface area contributed by atoms with Crippen LogP contribution in [-0.2, 0) is 10.0 Å². The molecule has 5 nitrogen and oxygen atoms in total. The standard InChI is InChI=1S/C10H13N3O2S2/c1-8-2-3-10(16-8)17(14,15)13-5-4-12-7-9(13)6-11/h2-3,9,12H,4-5,7H2,1H3. The summed E-state index contributed by atoms with van der Waals surface area (Å²) in [6, 6.07) is 4.79. The molecule has 1 aromatic rings. The lowest BCUT2D eigenvalue weighted by Gasteiger charge is -2.30. The zero-order chi connectivity index (χ0) is 12.5. The van der Waals surface area contributed by atoms with Crippen molar-refractivity contribution in [3.05, 3.63) is 17.0 Å². The first-order chi connectivity index (χ1) is 8.05. The molecule has 1 aromatic heterocycles. The second-order valence-electron chi connectivity index (χ2n) is 3.83. The van der Waals surface area contributed by atoms with Crippen LogP contribution in [0.4, 0.5) is 0 Å². The van der Waals surface area contributed by atoms with Crippen molar-refractivity contribution in [2.45, 2.75) is 17.2 Å². The minimum absolute atomic E-state index is 0.317. The van der Waals surface area contributed by atoms with E-state index < -0.39 is 16.1 Å². The van der Waals surface area contributed by atoms with Gasteiger partial charge < -0.3 is 5.32 Å². The maximum Gasteiger partial charge on any atom is 0.253 e. The second-order valence-corrected chi connectivity index (χ2v) is 7.24. The lowest BCUT2D eigenvalue weighted by atomic mass is 10.3. The smallest absolute Gasteiger partial charge is 0.253 e. The van der Waals surface area contributed by atoms with Gasteiger partial charge in [0.25, 0.3) is 10.0 Å². The highest BCUT2D eigenvalue weighted by Gasteiger charge is 2.34. The molecule has 92 valence electrons. The maximum atomic E-state index is 12.3. The first-order valence-electron chi connectivity index (χ1n) is 5.24. The molecule has 0 spiro atoms. The van der Waals surface area contributed by atoms with Crippen molar-refractivity contribution in [1.82, 2.24) is 9.62 Å². The number of hydrogen-bond donors (Lipinski definition) is 1. The summed E-state index contributed by atoms with van der Waals surface area (Å²) >= 11 is 1.24. The van der Waals surface area contributed by atoms with Gasteiger partial charge in [0.15, 0.2) is 0 Å². The Bertz CT molecular complexity index is 544. The molecule has 1 N–H and O–H groups in total. The number of aryl methyl sites for hydroxylation is 1. The quantitative estimate of drug-likeness (QED) is 0.852. The van der Waals surface area contributed by atoms with E-state index in [9.17, 15) is 8.42 Å². The number of nitriles is 1. The molecule has 1 fully saturated rings. The van der Waals surface area contributed by atoms with Crippen LogP contribution < -0.4 is 5.32 Å². The van der Waals surface area contributed by atoms with Gasteiger partial charge in [-0.1, -0.05) is 0 Å². The van der Waals surface area contributed by atoms with E-state index in [4.69, 9.17) is 5.26 Å². The van der Waals surface area contributed by atoms with E-state index in [1.54, 1.807) is 12.1 Å². The van der Waals surface area contributed by atoms with Gasteiger partial charge in [-0.3, -0.25) is 0 Å². The fraction of sp³-hybridized carbons (Fsp3) is 0.500. The first-order valence-corrected chi connectivity index (χ1v) is 7.50. The lowest BCUT2D eigenvalue weighted by Crippen LogP contribution is -2.52. The van der Waals surface area contributed by atoms with E-state index in [2.05, 4.69) is 5.32 Å². The minimum atomic E-state index is -3.51. The summed E-state index contributed by atoms with van der Waals surface area (Å²) in [4.78, 5) is 0.951. The Morgan fingerprint density at radius 1 is 1.59 bits per heavy atom. The average Bonchev–Trinajstić information content (AvgIpc) is 2.76. The van der Waals surface area contributed by atoms with Crippen LogP contribution >= 0.6 is 11.3 Å². The van der Waals surface area contributed by atoms with Crippen molar-refractivity contribution in [2.75, 3.05) is 19.6 Å². The number of sulfonamides is 1. The fourth-order valence-electron chi connectivity index (χ4n) is 1.75. The van der Waals surface area contributed by atoms with Crippen molar-refractivity contribution in [2.24, 2.45) is 0 Å². The largest absolute Gasteiger partial charge is 0.313 e. The summed E-state index contributed by atoms with van der Waals surface area (Å²) in [6.07, 6.45) is 0. The Balaban J connectivity index is 2.35. The van der Waals surface area contributed by atoms with Crippen LogP contribution in [0, 0.1) is 18.3 Å². The van der Waals surface area contributed by atoms with E-state index in [1.165, 1.54) is 15.6 Å². The van der Waals surface area contributed by atoms with Crippen molar-refractivity contribution in [1.29, 1.82) is 5.26 Å². The SMILES string of the molecule is Cc1ccc(S(=O)(=O)N2CCNCC2C#N)s1. The molecule has 0 aliphatic carbocycles. The third kappa shape index (κ3) is 2.35. The summed E-state index contributed by atoms with van der Waals surface area (Å²) in [5, 5.41) is 12.0. The van der Waals surface area contributed by atoms with Gasteiger partial charge in [0.05, 0.1) is 6.07 Å². The van der Waals surface area contributed by atoms with Gasteiger partial charge >= 0.3 is 0 Å². The maximum absolute atomic E-state index is 12.3. The number of piperazine rings is 1. The number of hydrogen-bond acceptors (Lipinski definition) is 5. The Morgan fingerprint density at radius 3 is 2.94 bits per heavy atom. The summed E-state index contributed by atoms with van der Waals surface area (Å²) in [5.74, 6) is 0. The van der Waals surface area contributed by atoms with Crippen LogP contribution in [0.2, 0.25) is 0 Å². The molecule has 1 aliphatic heterocycles. The molecule has 2 rings (SSSR count). The molecule has 1 atom stereocenters. The third-order valence-electron chi connectivity index (χ3n) is 2.62. The van der Waals surface area contributed by atoms with E-state index in [-0.39, 0.29) is 0 Å². The predicted octanol–water partition coefficient (Wildman–Crippen LogP) is 0.543. The van der Waals surface area contributed by atoms with Crippen molar-refractivity contribution < 1.29 is 8.42 Å². The van der Waals surface area contributed by atoms with Crippen LogP contribution in [0.15, 0.2) is 16.3 Å². The molecular weight excluding hydrogens is 258 g/mol. The van der Waals surface area contributed by atoms with Crippen molar-refractivity contribution in [3.63, 3.8) is 0 Å². The molecule has 0 aromatic carbocycles. The van der Waals surface area contributed by atoms with Crippen molar-refractivity contribution >= 4 is 21.4 Å². The second kappa shape index (κ2) is 4.74. The van der Waals surface area contributed by atoms with Crippen molar-refractivity contribution in [3.8, 4) is 6.07 Å². The molecule has 7 heteroatoms. The normalized spacial score (nSPS) is 22.2. The Labute approximate surface area is 105 Å². The molecule has 1 unspecified atom stereocenters. The van der Waals surface area contributed by atoms with E-state index in [1.807, 2.05) is 13.0 Å². The molecular formula is C10H13N3O2S2. The van der Waals surface area contributed by atoms with E-state index >= 15 is 0 Å². The highest BCUT2D eigenvalue weighted by atomic mass is 32.2. The van der Waals surface area contributed by atoms with E-state index in [0.29, 0.717) is 23.8 Å². The highest BCUT2D eigenvalue weighted by molar-refractivity contribution is 7.91. The Morgan fingerprint density at radius 2 is 2.35 bits per heavy atom. The average molecular weight is 271 g/mol. The molecule has 1 aliphatic rings. The molecule has 17 heavy (non-hydrogen) atoms. The number of nitrogens with zero attached hydrogens (tertiary/aromatic N) is 2. The molecule has 0 radical (unpaired) electrons. The van der Waals surface area contributed by atoms with Gasteiger partial charge in [0.2, 0.25) is 0 Å². The lowest BCUT2D eigenvalue weighted by molar-refractivity contribution is 0.312. The summed E-state index contributed by atoms with van der Waals surface area (Å²) < 4.78 is 26.3. The highest BCUT2D eigenvalue weighted by Crippen LogP contribution is 2.25. The number of rotatable bonds is 2. The van der Waals surface area contributed by atoms with Gasteiger partial charge in [-0.2, -0.15) is 9.57 Å². The summed E-state index contributed by atoms with van der Waals surface area (Å²) in [6.45, 7) is 3.18. The van der Waals surface area contributed by atoms with Crippen LogP contribution in [0.3, 0.4) is 0 Å². The molecule has 0 bridgehead atoms. The van der Waals surface area contributed by atoms with Crippen LogP contribution in [0.1, 0.15) is 4.88 Å². The predicted molar refractivity (Wildman–Crippen MR) is 65.2 cm³/mol. The first kappa shape index (κ1) is 12.5. The minimum Gasteiger partial charge on any atom is -0.313 e. The molecule has 1 saturated heterocycles. The van der Waals surface area contributed by atoms with Gasteiger partial charge in [0.1, 0.15) is 10.3 Å². The van der Waals surface area contributed by atoms with Gasteiger partial charge in [-0.05, 0) is 19.1 Å². The fourth-order valence-corrected chi connectivity index (χ4v) is 4.70. The Hall–Kier alpha value is -0.940. The van der Waals surface area contributed by atoms with Gasteiger partial charge in [-0.25, -0.2) is 8.42 Å². The molecule has 0 saturated carbocycles. The zero-order valence-corrected chi connectivity index (χ0v) is 11.0. The number of thiophene rings is 1. The zero-order valence-electron chi connectivity index (χ0n) is 9.38. The number of nitrogens with one attached hydrogen (secondary N) is 1. The van der Waals surface area contributed by atoms with Gasteiger partial charge in [0, 0.05) is 24.5 Å². The van der Waals surface area contributed by atoms with Crippen LogP contribution in [-0.4, -0.2) is 38.4 Å². The summed E-state index contributed by atoms with van der Waals surface area (Å²) in [5.41, 5.74) is 0. The summed E-state index contributed by atoms with van der Waals surface area (Å²) in [7, 11) is -3.51.